The fourth-order valence-corrected chi connectivity index (χ4v) is 2.79. The van der Waals surface area contributed by atoms with Crippen LogP contribution in [0.1, 0.15) is 27.7 Å². The highest BCUT2D eigenvalue weighted by Gasteiger charge is 2.38. The lowest BCUT2D eigenvalue weighted by Gasteiger charge is -2.47. The molecule has 1 heterocycles. The van der Waals surface area contributed by atoms with Crippen molar-refractivity contribution < 1.29 is 9.90 Å². The normalized spacial score (nSPS) is 25.8. The SMILES string of the molecule is CS[C@@H](C)N1CCN(C(C)(C)C)C(C(=O)O)C1. The van der Waals surface area contributed by atoms with E-state index in [0.717, 1.165) is 13.1 Å². The van der Waals surface area contributed by atoms with Crippen molar-refractivity contribution >= 4 is 17.7 Å². The summed E-state index contributed by atoms with van der Waals surface area (Å²) >= 11 is 1.77. The van der Waals surface area contributed by atoms with Crippen LogP contribution in [0.4, 0.5) is 0 Å². The molecule has 0 spiro atoms. The van der Waals surface area contributed by atoms with Gasteiger partial charge in [0, 0.05) is 25.2 Å². The Bertz CT molecular complexity index is 278. The Kier molecular flexibility index (Phi) is 4.86. The van der Waals surface area contributed by atoms with Gasteiger partial charge in [-0.25, -0.2) is 0 Å². The van der Waals surface area contributed by atoms with Gasteiger partial charge >= 0.3 is 5.97 Å². The molecule has 1 aliphatic heterocycles. The third-order valence-corrected chi connectivity index (χ3v) is 4.39. The Morgan fingerprint density at radius 3 is 2.41 bits per heavy atom. The van der Waals surface area contributed by atoms with Gasteiger partial charge < -0.3 is 5.11 Å². The van der Waals surface area contributed by atoms with Crippen molar-refractivity contribution in [1.82, 2.24) is 9.80 Å². The largest absolute Gasteiger partial charge is 0.480 e. The minimum atomic E-state index is -0.710. The minimum absolute atomic E-state index is 0.0856. The van der Waals surface area contributed by atoms with Crippen LogP contribution in [0.2, 0.25) is 0 Å². The van der Waals surface area contributed by atoms with E-state index >= 15 is 0 Å². The lowest BCUT2D eigenvalue weighted by atomic mass is 10.00. The summed E-state index contributed by atoms with van der Waals surface area (Å²) in [7, 11) is 0. The van der Waals surface area contributed by atoms with Gasteiger partial charge in [-0.1, -0.05) is 0 Å². The molecule has 4 nitrogen and oxygen atoms in total. The fraction of sp³-hybridized carbons (Fsp3) is 0.917. The summed E-state index contributed by atoms with van der Waals surface area (Å²) in [4.78, 5) is 15.7. The van der Waals surface area contributed by atoms with Gasteiger partial charge in [-0.05, 0) is 34.0 Å². The summed E-state index contributed by atoms with van der Waals surface area (Å²) in [5, 5.41) is 9.76. The van der Waals surface area contributed by atoms with Crippen molar-refractivity contribution in [2.75, 3.05) is 25.9 Å². The summed E-state index contributed by atoms with van der Waals surface area (Å²) in [6, 6.07) is -0.390. The van der Waals surface area contributed by atoms with Crippen LogP contribution in [-0.4, -0.2) is 63.7 Å². The predicted octanol–water partition coefficient (Wildman–Crippen LogP) is 1.56. The zero-order valence-corrected chi connectivity index (χ0v) is 12.3. The summed E-state index contributed by atoms with van der Waals surface area (Å²) in [6.45, 7) is 10.8. The Labute approximate surface area is 108 Å². The standard InChI is InChI=1S/C12H24N2O2S/c1-9(17-5)13-6-7-14(12(2,3)4)10(8-13)11(15)16/h9-10H,6-8H2,1-5H3,(H,15,16)/t9-,10?/m0/s1. The summed E-state index contributed by atoms with van der Waals surface area (Å²) in [6.07, 6.45) is 2.07. The van der Waals surface area contributed by atoms with Crippen LogP contribution in [0, 0.1) is 0 Å². The molecule has 1 N–H and O–H groups in total. The third-order valence-electron chi connectivity index (χ3n) is 3.41. The first-order chi connectivity index (χ1) is 7.77. The van der Waals surface area contributed by atoms with Crippen molar-refractivity contribution in [1.29, 1.82) is 0 Å². The van der Waals surface area contributed by atoms with E-state index in [2.05, 4.69) is 43.8 Å². The Morgan fingerprint density at radius 2 is 2.00 bits per heavy atom. The van der Waals surface area contributed by atoms with Crippen LogP contribution >= 0.6 is 11.8 Å². The molecule has 0 aromatic rings. The van der Waals surface area contributed by atoms with E-state index in [0.29, 0.717) is 11.9 Å². The summed E-state index contributed by atoms with van der Waals surface area (Å²) < 4.78 is 0. The number of nitrogens with zero attached hydrogens (tertiary/aromatic N) is 2. The molecule has 0 aliphatic carbocycles. The molecule has 0 saturated carbocycles. The van der Waals surface area contributed by atoms with Gasteiger partial charge in [0.2, 0.25) is 0 Å². The number of aliphatic carboxylic acids is 1. The average molecular weight is 260 g/mol. The fourth-order valence-electron chi connectivity index (χ4n) is 2.30. The molecule has 0 radical (unpaired) electrons. The van der Waals surface area contributed by atoms with Gasteiger partial charge in [-0.2, -0.15) is 0 Å². The van der Waals surface area contributed by atoms with E-state index in [1.807, 2.05) is 0 Å². The van der Waals surface area contributed by atoms with Crippen molar-refractivity contribution in [3.05, 3.63) is 0 Å². The zero-order valence-electron chi connectivity index (χ0n) is 11.4. The van der Waals surface area contributed by atoms with Crippen molar-refractivity contribution in [3.8, 4) is 0 Å². The first-order valence-corrected chi connectivity index (χ1v) is 7.32. The molecule has 1 saturated heterocycles. The second-order valence-corrected chi connectivity index (χ2v) is 6.70. The van der Waals surface area contributed by atoms with Gasteiger partial charge in [-0.15, -0.1) is 11.8 Å². The Morgan fingerprint density at radius 1 is 1.41 bits per heavy atom. The van der Waals surface area contributed by atoms with Crippen LogP contribution in [0.25, 0.3) is 0 Å². The number of piperazine rings is 1. The predicted molar refractivity (Wildman–Crippen MR) is 72.4 cm³/mol. The van der Waals surface area contributed by atoms with Gasteiger partial charge in [0.05, 0.1) is 5.37 Å². The van der Waals surface area contributed by atoms with Gasteiger partial charge in [-0.3, -0.25) is 14.6 Å². The van der Waals surface area contributed by atoms with Crippen molar-refractivity contribution in [2.24, 2.45) is 0 Å². The highest BCUT2D eigenvalue weighted by molar-refractivity contribution is 7.99. The van der Waals surface area contributed by atoms with Gasteiger partial charge in [0.1, 0.15) is 6.04 Å². The Balaban J connectivity index is 2.78. The van der Waals surface area contributed by atoms with Crippen LogP contribution in [0.5, 0.6) is 0 Å². The number of hydrogen-bond donors (Lipinski definition) is 1. The molecule has 2 atom stereocenters. The molecule has 1 aliphatic rings. The van der Waals surface area contributed by atoms with Crippen molar-refractivity contribution in [2.45, 2.75) is 44.6 Å². The van der Waals surface area contributed by atoms with Crippen LogP contribution < -0.4 is 0 Å². The van der Waals surface area contributed by atoms with E-state index in [-0.39, 0.29) is 5.54 Å². The van der Waals surface area contributed by atoms with Crippen LogP contribution in [0.15, 0.2) is 0 Å². The number of rotatable bonds is 3. The molecule has 100 valence electrons. The van der Waals surface area contributed by atoms with Gasteiger partial charge in [0.25, 0.3) is 0 Å². The van der Waals surface area contributed by atoms with Gasteiger partial charge in [0.15, 0.2) is 0 Å². The number of thioether (sulfide) groups is 1. The molecular weight excluding hydrogens is 236 g/mol. The van der Waals surface area contributed by atoms with E-state index in [9.17, 15) is 9.90 Å². The first-order valence-electron chi connectivity index (χ1n) is 6.03. The summed E-state index contributed by atoms with van der Waals surface area (Å²) in [5.74, 6) is -0.710. The Hall–Kier alpha value is -0.260. The molecule has 0 amide bonds. The van der Waals surface area contributed by atoms with E-state index < -0.39 is 12.0 Å². The highest BCUT2D eigenvalue weighted by Crippen LogP contribution is 2.24. The minimum Gasteiger partial charge on any atom is -0.480 e. The maximum atomic E-state index is 11.4. The molecule has 0 aromatic carbocycles. The topological polar surface area (TPSA) is 43.8 Å². The molecule has 0 bridgehead atoms. The molecule has 5 heteroatoms. The maximum Gasteiger partial charge on any atom is 0.322 e. The smallest absolute Gasteiger partial charge is 0.322 e. The van der Waals surface area contributed by atoms with E-state index in [4.69, 9.17) is 0 Å². The monoisotopic (exact) mass is 260 g/mol. The molecule has 1 fully saturated rings. The zero-order chi connectivity index (χ0) is 13.2. The molecular formula is C12H24N2O2S. The number of hydrogen-bond acceptors (Lipinski definition) is 4. The van der Waals surface area contributed by atoms with Crippen molar-refractivity contribution in [3.63, 3.8) is 0 Å². The number of carboxylic acid groups (broad SMARTS) is 1. The molecule has 0 aromatic heterocycles. The molecule has 1 unspecified atom stereocenters. The van der Waals surface area contributed by atoms with Crippen LogP contribution in [0.3, 0.4) is 0 Å². The lowest BCUT2D eigenvalue weighted by molar-refractivity contribution is -0.149. The number of carboxylic acids is 1. The van der Waals surface area contributed by atoms with Crippen LogP contribution in [-0.2, 0) is 4.79 Å². The van der Waals surface area contributed by atoms with E-state index in [1.54, 1.807) is 11.8 Å². The quantitative estimate of drug-likeness (QED) is 0.834. The van der Waals surface area contributed by atoms with E-state index in [1.165, 1.54) is 0 Å². The third kappa shape index (κ3) is 3.60. The molecule has 1 rings (SSSR count). The maximum absolute atomic E-state index is 11.4. The lowest BCUT2D eigenvalue weighted by Crippen LogP contribution is -2.62. The molecule has 17 heavy (non-hydrogen) atoms. The average Bonchev–Trinajstić information content (AvgIpc) is 2.25. The second-order valence-electron chi connectivity index (χ2n) is 5.55. The second kappa shape index (κ2) is 5.59. The first kappa shape index (κ1) is 14.8. The number of carbonyl (C=O) groups is 1. The highest BCUT2D eigenvalue weighted by atomic mass is 32.2. The summed E-state index contributed by atoms with van der Waals surface area (Å²) in [5.41, 5.74) is -0.0856.